The van der Waals surface area contributed by atoms with Crippen LogP contribution in [0.15, 0.2) is 97.1 Å². The number of hydrogen-bond donors (Lipinski definition) is 0. The number of amides is 2. The first-order valence-electron chi connectivity index (χ1n) is 13.6. The number of ether oxygens (including phenoxy) is 1. The second-order valence-electron chi connectivity index (χ2n) is 10.8. The quantitative estimate of drug-likeness (QED) is 0.0668. The van der Waals surface area contributed by atoms with E-state index in [0.717, 1.165) is 11.0 Å². The lowest BCUT2D eigenvalue weighted by Gasteiger charge is -2.54. The van der Waals surface area contributed by atoms with Gasteiger partial charge in [-0.2, -0.15) is 0 Å². The normalized spacial score (nSPS) is 24.4. The summed E-state index contributed by atoms with van der Waals surface area (Å²) in [7, 11) is 0. The molecule has 2 bridgehead atoms. The molecule has 4 aliphatic rings. The molecule has 1 heterocycles. The van der Waals surface area contributed by atoms with Crippen LogP contribution in [0.1, 0.15) is 43.0 Å². The van der Waals surface area contributed by atoms with Gasteiger partial charge in [-0.05, 0) is 46.5 Å². The molecule has 2 atom stereocenters. The van der Waals surface area contributed by atoms with Crippen molar-refractivity contribution in [2.24, 2.45) is 11.8 Å². The standard InChI is InChI=1S/C33H20Cl2N2O7/c34-32-22-8-1-2-9-23(22)33(35,25-11-4-3-10-24(25)32)28-27(32)29(39)36(30(28)40)20-14-12-18(13-15-20)31(41)44-17-26(38)19-6-5-7-21(16-19)37(42)43/h1-16,27-28H,17H2/t27-,28-,32?,33?/m1/s1. The molecule has 0 saturated carbocycles. The van der Waals surface area contributed by atoms with Gasteiger partial charge >= 0.3 is 5.97 Å². The molecule has 0 radical (unpaired) electrons. The molecule has 4 aromatic rings. The number of anilines is 1. The molecule has 1 aliphatic heterocycles. The average molecular weight is 627 g/mol. The maximum absolute atomic E-state index is 14.1. The van der Waals surface area contributed by atoms with Gasteiger partial charge in [0.05, 0.1) is 28.0 Å². The summed E-state index contributed by atoms with van der Waals surface area (Å²) >= 11 is 14.9. The average Bonchev–Trinajstić information content (AvgIpc) is 3.33. The van der Waals surface area contributed by atoms with Crippen molar-refractivity contribution in [3.63, 3.8) is 0 Å². The van der Waals surface area contributed by atoms with Gasteiger partial charge in [-0.3, -0.25) is 24.5 Å². The van der Waals surface area contributed by atoms with Crippen LogP contribution in [-0.4, -0.2) is 35.1 Å². The highest BCUT2D eigenvalue weighted by atomic mass is 35.5. The van der Waals surface area contributed by atoms with Gasteiger partial charge in [0.1, 0.15) is 9.75 Å². The van der Waals surface area contributed by atoms with E-state index in [4.69, 9.17) is 27.9 Å². The van der Waals surface area contributed by atoms with E-state index >= 15 is 0 Å². The molecule has 3 aliphatic carbocycles. The zero-order chi connectivity index (χ0) is 31.0. The third-order valence-corrected chi connectivity index (χ3v) is 9.94. The summed E-state index contributed by atoms with van der Waals surface area (Å²) in [6.45, 7) is -0.634. The van der Waals surface area contributed by atoms with E-state index in [1.165, 1.54) is 42.5 Å². The van der Waals surface area contributed by atoms with Crippen LogP contribution in [0.4, 0.5) is 11.4 Å². The van der Waals surface area contributed by atoms with Crippen molar-refractivity contribution >= 4 is 58.1 Å². The van der Waals surface area contributed by atoms with E-state index in [2.05, 4.69) is 0 Å². The van der Waals surface area contributed by atoms with Crippen molar-refractivity contribution in [1.29, 1.82) is 0 Å². The highest BCUT2D eigenvalue weighted by Crippen LogP contribution is 2.69. The second kappa shape index (κ2) is 9.83. The van der Waals surface area contributed by atoms with Crippen LogP contribution in [-0.2, 0) is 24.1 Å². The van der Waals surface area contributed by atoms with E-state index in [0.29, 0.717) is 22.3 Å². The topological polar surface area (TPSA) is 124 Å². The Morgan fingerprint density at radius 3 is 1.73 bits per heavy atom. The number of nitrogens with zero attached hydrogens (tertiary/aromatic N) is 2. The Morgan fingerprint density at radius 2 is 1.25 bits per heavy atom. The number of hydrogen-bond acceptors (Lipinski definition) is 7. The Bertz CT molecular complexity index is 1820. The highest BCUT2D eigenvalue weighted by Gasteiger charge is 2.73. The molecule has 0 aromatic heterocycles. The van der Waals surface area contributed by atoms with Crippen LogP contribution in [0.25, 0.3) is 0 Å². The monoisotopic (exact) mass is 626 g/mol. The summed E-state index contributed by atoms with van der Waals surface area (Å²) in [4.78, 5) is 62.1. The number of carbonyl (C=O) groups excluding carboxylic acids is 4. The molecule has 0 unspecified atom stereocenters. The molecular weight excluding hydrogens is 607 g/mol. The number of imide groups is 1. The number of esters is 1. The van der Waals surface area contributed by atoms with Gasteiger partial charge in [-0.25, -0.2) is 9.69 Å². The third-order valence-electron chi connectivity index (χ3n) is 8.66. The number of rotatable bonds is 6. The van der Waals surface area contributed by atoms with E-state index in [-0.39, 0.29) is 22.5 Å². The van der Waals surface area contributed by atoms with Crippen molar-refractivity contribution in [2.75, 3.05) is 11.5 Å². The first-order chi connectivity index (χ1) is 21.1. The summed E-state index contributed by atoms with van der Waals surface area (Å²) in [5, 5.41) is 11.0. The Labute approximate surface area is 260 Å². The largest absolute Gasteiger partial charge is 0.454 e. The van der Waals surface area contributed by atoms with Gasteiger partial charge in [0.25, 0.3) is 5.69 Å². The lowest BCUT2D eigenvalue weighted by Crippen LogP contribution is -2.57. The van der Waals surface area contributed by atoms with Crippen LogP contribution in [0.3, 0.4) is 0 Å². The van der Waals surface area contributed by atoms with Crippen molar-refractivity contribution in [2.45, 2.75) is 9.75 Å². The fraction of sp³-hybridized carbons (Fsp3) is 0.152. The number of benzene rings is 4. The molecular formula is C33H20Cl2N2O7. The second-order valence-corrected chi connectivity index (χ2v) is 12.0. The van der Waals surface area contributed by atoms with E-state index in [9.17, 15) is 29.3 Å². The summed E-state index contributed by atoms with van der Waals surface area (Å²) in [5.74, 6) is -4.38. The highest BCUT2D eigenvalue weighted by molar-refractivity contribution is 6.38. The molecule has 0 spiro atoms. The van der Waals surface area contributed by atoms with Gasteiger partial charge in [0, 0.05) is 17.7 Å². The first kappa shape index (κ1) is 27.9. The van der Waals surface area contributed by atoms with E-state index in [1.54, 1.807) is 0 Å². The Morgan fingerprint density at radius 1 is 0.750 bits per heavy atom. The summed E-state index contributed by atoms with van der Waals surface area (Å²) < 4.78 is 5.12. The lowest BCUT2D eigenvalue weighted by molar-refractivity contribution is -0.384. The van der Waals surface area contributed by atoms with Crippen molar-refractivity contribution in [1.82, 2.24) is 0 Å². The summed E-state index contributed by atoms with van der Waals surface area (Å²) in [6, 6.07) is 25.4. The van der Waals surface area contributed by atoms with Crippen LogP contribution in [0.5, 0.6) is 0 Å². The maximum atomic E-state index is 14.1. The Balaban J connectivity index is 1.15. The zero-order valence-electron chi connectivity index (χ0n) is 22.6. The minimum absolute atomic E-state index is 0.0299. The number of nitro benzene ring substituents is 1. The molecule has 1 saturated heterocycles. The minimum Gasteiger partial charge on any atom is -0.454 e. The van der Waals surface area contributed by atoms with Crippen LogP contribution < -0.4 is 4.90 Å². The van der Waals surface area contributed by atoms with Crippen LogP contribution in [0.2, 0.25) is 0 Å². The molecule has 4 aromatic carbocycles. The lowest BCUT2D eigenvalue weighted by atomic mass is 9.54. The van der Waals surface area contributed by atoms with E-state index < -0.39 is 56.7 Å². The fourth-order valence-corrected chi connectivity index (χ4v) is 7.86. The fourth-order valence-electron chi connectivity index (χ4n) is 6.76. The molecule has 8 rings (SSSR count). The zero-order valence-corrected chi connectivity index (χ0v) is 24.1. The number of halogens is 2. The van der Waals surface area contributed by atoms with Crippen molar-refractivity contribution < 1.29 is 28.8 Å². The minimum atomic E-state index is -1.31. The number of nitro groups is 1. The number of non-ortho nitro benzene ring substituents is 1. The molecule has 0 N–H and O–H groups in total. The van der Waals surface area contributed by atoms with Gasteiger partial charge < -0.3 is 4.74 Å². The van der Waals surface area contributed by atoms with Crippen LogP contribution in [0, 0.1) is 22.0 Å². The Kier molecular flexibility index (Phi) is 6.25. The number of ketones is 1. The SMILES string of the molecule is O=C(COC(=O)c1ccc(N2C(=O)[C@H]3[C@H](C2=O)C2(Cl)c4ccccc4C3(Cl)c3ccccc32)cc1)c1cccc([N+](=O)[O-])c1. The number of carbonyl (C=O) groups is 4. The molecule has 9 nitrogen and oxygen atoms in total. The van der Waals surface area contributed by atoms with E-state index in [1.807, 2.05) is 48.5 Å². The van der Waals surface area contributed by atoms with Crippen LogP contribution >= 0.6 is 23.2 Å². The van der Waals surface area contributed by atoms with Gasteiger partial charge in [0.15, 0.2) is 6.61 Å². The summed E-state index contributed by atoms with van der Waals surface area (Å²) in [6.07, 6.45) is 0. The smallest absolute Gasteiger partial charge is 0.338 e. The predicted octanol–water partition coefficient (Wildman–Crippen LogP) is 5.73. The summed E-state index contributed by atoms with van der Waals surface area (Å²) in [5.41, 5.74) is 2.84. The first-order valence-corrected chi connectivity index (χ1v) is 14.3. The Hall–Kier alpha value is -4.86. The van der Waals surface area contributed by atoms with Crippen molar-refractivity contribution in [3.05, 3.63) is 141 Å². The molecule has 44 heavy (non-hydrogen) atoms. The molecule has 218 valence electrons. The number of Topliss-reactive ketones (excluding diaryl/α,β-unsaturated/α-hetero) is 1. The maximum Gasteiger partial charge on any atom is 0.338 e. The number of alkyl halides is 2. The molecule has 1 fully saturated rings. The molecule has 11 heteroatoms. The molecule has 2 amide bonds. The predicted molar refractivity (Wildman–Crippen MR) is 160 cm³/mol. The van der Waals surface area contributed by atoms with Gasteiger partial charge in [-0.1, -0.05) is 60.7 Å². The third kappa shape index (κ3) is 3.72. The van der Waals surface area contributed by atoms with Gasteiger partial charge in [0.2, 0.25) is 17.6 Å². The van der Waals surface area contributed by atoms with Gasteiger partial charge in [-0.15, -0.1) is 23.2 Å². The van der Waals surface area contributed by atoms with Crippen molar-refractivity contribution in [3.8, 4) is 0 Å².